The molecule has 4 rings (SSSR count). The summed E-state index contributed by atoms with van der Waals surface area (Å²) in [4.78, 5) is 29.2. The third-order valence-corrected chi connectivity index (χ3v) is 5.63. The molecule has 3 heterocycles. The molecule has 7 nitrogen and oxygen atoms in total. The molecule has 1 aromatic carbocycles. The molecule has 1 amide bonds. The van der Waals surface area contributed by atoms with Crippen LogP contribution in [0.4, 0.5) is 4.39 Å². The second-order valence-corrected chi connectivity index (χ2v) is 7.52. The van der Waals surface area contributed by atoms with Crippen LogP contribution in [0, 0.1) is 5.82 Å². The van der Waals surface area contributed by atoms with Gasteiger partial charge in [0.1, 0.15) is 11.6 Å². The van der Waals surface area contributed by atoms with E-state index < -0.39 is 0 Å². The second-order valence-electron chi connectivity index (χ2n) is 7.52. The van der Waals surface area contributed by atoms with E-state index in [0.717, 1.165) is 57.7 Å². The molecular formula is C20H26FN5O2. The highest BCUT2D eigenvalue weighted by Gasteiger charge is 2.21. The van der Waals surface area contributed by atoms with Crippen molar-refractivity contribution in [3.05, 3.63) is 52.0 Å². The molecule has 0 bridgehead atoms. The number of nitrogens with zero attached hydrogens (tertiary/aromatic N) is 5. The van der Waals surface area contributed by atoms with Crippen molar-refractivity contribution in [1.29, 1.82) is 0 Å². The number of fused-ring (bicyclic) bond motifs is 1. The van der Waals surface area contributed by atoms with E-state index in [0.29, 0.717) is 25.2 Å². The number of carbonyl (C=O) groups is 1. The Morgan fingerprint density at radius 2 is 1.79 bits per heavy atom. The lowest BCUT2D eigenvalue weighted by atomic mass is 10.2. The number of halogens is 1. The Bertz CT molecular complexity index is 889. The molecule has 2 aliphatic rings. The number of amides is 1. The van der Waals surface area contributed by atoms with Crippen molar-refractivity contribution in [2.45, 2.75) is 38.8 Å². The minimum Gasteiger partial charge on any atom is -0.337 e. The lowest BCUT2D eigenvalue weighted by molar-refractivity contribution is 0.0761. The largest absolute Gasteiger partial charge is 0.345 e. The Hall–Kier alpha value is -2.48. The quantitative estimate of drug-likeness (QED) is 0.795. The van der Waals surface area contributed by atoms with E-state index in [1.165, 1.54) is 24.3 Å². The van der Waals surface area contributed by atoms with E-state index in [1.807, 2.05) is 4.90 Å². The van der Waals surface area contributed by atoms with Gasteiger partial charge in [-0.15, -0.1) is 0 Å². The zero-order valence-electron chi connectivity index (χ0n) is 16.0. The highest BCUT2D eigenvalue weighted by molar-refractivity contribution is 5.94. The molecular weight excluding hydrogens is 361 g/mol. The van der Waals surface area contributed by atoms with Crippen LogP contribution in [0.5, 0.6) is 0 Å². The van der Waals surface area contributed by atoms with E-state index in [2.05, 4.69) is 10.00 Å². The lowest BCUT2D eigenvalue weighted by Crippen LogP contribution is -2.37. The van der Waals surface area contributed by atoms with Crippen LogP contribution in [0.3, 0.4) is 0 Å². The molecule has 28 heavy (non-hydrogen) atoms. The predicted molar refractivity (Wildman–Crippen MR) is 103 cm³/mol. The van der Waals surface area contributed by atoms with Gasteiger partial charge in [-0.05, 0) is 50.1 Å². The number of hydrogen-bond acceptors (Lipinski definition) is 4. The topological polar surface area (TPSA) is 63.4 Å². The minimum atomic E-state index is -0.338. The molecule has 2 aliphatic heterocycles. The average Bonchev–Trinajstić information content (AvgIpc) is 2.88. The normalized spacial score (nSPS) is 18.0. The van der Waals surface area contributed by atoms with E-state index in [1.54, 1.807) is 9.25 Å². The Labute approximate surface area is 163 Å². The maximum absolute atomic E-state index is 13.1. The first-order valence-corrected chi connectivity index (χ1v) is 10.1. The van der Waals surface area contributed by atoms with Crippen molar-refractivity contribution in [2.24, 2.45) is 0 Å². The number of hydrogen-bond donors (Lipinski definition) is 0. The highest BCUT2D eigenvalue weighted by atomic mass is 19.1. The molecule has 150 valence electrons. The Morgan fingerprint density at radius 1 is 0.964 bits per heavy atom. The maximum atomic E-state index is 13.1. The van der Waals surface area contributed by atoms with Crippen molar-refractivity contribution in [1.82, 2.24) is 24.1 Å². The third kappa shape index (κ3) is 4.01. The first kappa shape index (κ1) is 18.9. The number of benzene rings is 1. The first-order valence-electron chi connectivity index (χ1n) is 10.1. The van der Waals surface area contributed by atoms with Gasteiger partial charge >= 0.3 is 5.69 Å². The van der Waals surface area contributed by atoms with Crippen LogP contribution in [0.1, 0.15) is 35.4 Å². The maximum Gasteiger partial charge on any atom is 0.345 e. The van der Waals surface area contributed by atoms with Crippen LogP contribution in [0.25, 0.3) is 0 Å². The van der Waals surface area contributed by atoms with Gasteiger partial charge in [0, 0.05) is 44.7 Å². The molecule has 1 saturated heterocycles. The molecule has 0 atom stereocenters. The average molecular weight is 387 g/mol. The molecule has 0 unspecified atom stereocenters. The molecule has 0 spiro atoms. The van der Waals surface area contributed by atoms with Crippen LogP contribution < -0.4 is 5.69 Å². The van der Waals surface area contributed by atoms with Gasteiger partial charge in [-0.1, -0.05) is 0 Å². The van der Waals surface area contributed by atoms with Gasteiger partial charge in [-0.2, -0.15) is 5.10 Å². The molecule has 0 saturated carbocycles. The monoisotopic (exact) mass is 387 g/mol. The van der Waals surface area contributed by atoms with Gasteiger partial charge in [0.25, 0.3) is 5.91 Å². The van der Waals surface area contributed by atoms with Gasteiger partial charge in [0.2, 0.25) is 0 Å². The molecule has 0 N–H and O–H groups in total. The van der Waals surface area contributed by atoms with Crippen molar-refractivity contribution in [3.63, 3.8) is 0 Å². The zero-order valence-corrected chi connectivity index (χ0v) is 16.0. The van der Waals surface area contributed by atoms with Crippen LogP contribution in [-0.4, -0.2) is 62.8 Å². The van der Waals surface area contributed by atoms with Crippen LogP contribution in [-0.2, 0) is 19.5 Å². The minimum absolute atomic E-state index is 0.00219. The summed E-state index contributed by atoms with van der Waals surface area (Å²) in [5.74, 6) is 0.512. The predicted octanol–water partition coefficient (Wildman–Crippen LogP) is 1.37. The number of aryl methyl sites for hydroxylation is 1. The molecule has 2 aromatic rings. The van der Waals surface area contributed by atoms with Crippen molar-refractivity contribution < 1.29 is 9.18 Å². The van der Waals surface area contributed by atoms with Gasteiger partial charge in [-0.25, -0.2) is 13.9 Å². The van der Waals surface area contributed by atoms with Gasteiger partial charge in [0.05, 0.1) is 6.54 Å². The van der Waals surface area contributed by atoms with Crippen LogP contribution in [0.15, 0.2) is 29.1 Å². The van der Waals surface area contributed by atoms with E-state index in [-0.39, 0.29) is 17.4 Å². The number of rotatable bonds is 4. The van der Waals surface area contributed by atoms with Crippen LogP contribution >= 0.6 is 0 Å². The Kier molecular flexibility index (Phi) is 5.57. The van der Waals surface area contributed by atoms with Gasteiger partial charge in [0.15, 0.2) is 0 Å². The fourth-order valence-electron chi connectivity index (χ4n) is 4.00. The molecule has 1 fully saturated rings. The summed E-state index contributed by atoms with van der Waals surface area (Å²) in [6, 6.07) is 5.71. The fourth-order valence-corrected chi connectivity index (χ4v) is 4.00. The second kappa shape index (κ2) is 8.26. The van der Waals surface area contributed by atoms with Crippen LogP contribution in [0.2, 0.25) is 0 Å². The van der Waals surface area contributed by atoms with E-state index in [4.69, 9.17) is 0 Å². The summed E-state index contributed by atoms with van der Waals surface area (Å²) in [6.07, 6.45) is 3.90. The zero-order chi connectivity index (χ0) is 19.5. The molecule has 0 aliphatic carbocycles. The third-order valence-electron chi connectivity index (χ3n) is 5.63. The molecule has 1 aromatic heterocycles. The van der Waals surface area contributed by atoms with Gasteiger partial charge < -0.3 is 4.90 Å². The number of carbonyl (C=O) groups excluding carboxylic acids is 1. The van der Waals surface area contributed by atoms with Gasteiger partial charge in [-0.3, -0.25) is 14.3 Å². The summed E-state index contributed by atoms with van der Waals surface area (Å²) >= 11 is 0. The smallest absolute Gasteiger partial charge is 0.337 e. The van der Waals surface area contributed by atoms with Crippen molar-refractivity contribution >= 4 is 5.91 Å². The first-order chi connectivity index (χ1) is 13.6. The summed E-state index contributed by atoms with van der Waals surface area (Å²) in [5, 5.41) is 4.49. The summed E-state index contributed by atoms with van der Waals surface area (Å²) in [6.45, 7) is 5.05. The van der Waals surface area contributed by atoms with Crippen molar-refractivity contribution in [3.8, 4) is 0 Å². The lowest BCUT2D eigenvalue weighted by Gasteiger charge is -2.22. The van der Waals surface area contributed by atoms with E-state index in [9.17, 15) is 14.0 Å². The van der Waals surface area contributed by atoms with Crippen molar-refractivity contribution in [2.75, 3.05) is 32.7 Å². The fraction of sp³-hybridized carbons (Fsp3) is 0.550. The summed E-state index contributed by atoms with van der Waals surface area (Å²) in [7, 11) is 0. The standard InChI is InChI=1S/C20H26FN5O2/c21-17-7-5-16(6-8-17)19(27)24-10-3-9-23(12-14-24)13-15-26-20(28)25-11-2-1-4-18(25)22-26/h5-8H,1-4,9-15H2. The number of aromatic nitrogens is 3. The highest BCUT2D eigenvalue weighted by Crippen LogP contribution is 2.11. The van der Waals surface area contributed by atoms with E-state index >= 15 is 0 Å². The summed E-state index contributed by atoms with van der Waals surface area (Å²) < 4.78 is 16.5. The SMILES string of the molecule is O=C(c1ccc(F)cc1)N1CCCN(CCn2nc3n(c2=O)CCCC3)CC1. The molecule has 0 radical (unpaired) electrons. The Morgan fingerprint density at radius 3 is 2.57 bits per heavy atom. The summed E-state index contributed by atoms with van der Waals surface area (Å²) in [5.41, 5.74) is 0.516. The molecule has 8 heteroatoms. The Balaban J connectivity index is 1.33.